The molecule has 0 bridgehead atoms. The van der Waals surface area contributed by atoms with Gasteiger partial charge in [-0.3, -0.25) is 9.69 Å². The number of unbranched alkanes of at least 4 members (excludes halogenated alkanes) is 1. The average Bonchev–Trinajstić information content (AvgIpc) is 3.59. The number of carbonyl (C=O) groups excluding carboxylic acids is 1. The second kappa shape index (κ2) is 11.4. The van der Waals surface area contributed by atoms with Gasteiger partial charge in [0.1, 0.15) is 11.5 Å². The molecule has 1 unspecified atom stereocenters. The predicted octanol–water partition coefficient (Wildman–Crippen LogP) is 7.38. The summed E-state index contributed by atoms with van der Waals surface area (Å²) in [5.41, 5.74) is 7.89. The summed E-state index contributed by atoms with van der Waals surface area (Å²) >= 11 is 0. The quantitative estimate of drug-likeness (QED) is 0.157. The first-order valence-corrected chi connectivity index (χ1v) is 13.1. The van der Waals surface area contributed by atoms with Gasteiger partial charge in [0.15, 0.2) is 5.78 Å². The van der Waals surface area contributed by atoms with Crippen molar-refractivity contribution in [3.05, 3.63) is 106 Å². The lowest BCUT2D eigenvalue weighted by atomic mass is 9.92. The summed E-state index contributed by atoms with van der Waals surface area (Å²) in [6.07, 6.45) is 4.14. The number of benzene rings is 3. The van der Waals surface area contributed by atoms with E-state index in [4.69, 9.17) is 9.47 Å². The Morgan fingerprint density at radius 3 is 1.81 bits per heavy atom. The number of rotatable bonds is 11. The molecule has 1 fully saturated rings. The van der Waals surface area contributed by atoms with Gasteiger partial charge in [-0.1, -0.05) is 60.7 Å². The third kappa shape index (κ3) is 5.35. The van der Waals surface area contributed by atoms with Crippen molar-refractivity contribution in [2.75, 3.05) is 14.2 Å². The highest BCUT2D eigenvalue weighted by atomic mass is 16.5. The second-order valence-corrected chi connectivity index (χ2v) is 10.2. The Bertz CT molecular complexity index is 1170. The molecule has 0 aliphatic carbocycles. The molecule has 0 radical (unpaired) electrons. The number of hydrogen-bond donors (Lipinski definition) is 0. The Balaban J connectivity index is 1.86. The minimum Gasteiger partial charge on any atom is -0.496 e. The van der Waals surface area contributed by atoms with Gasteiger partial charge in [0.2, 0.25) is 0 Å². The largest absolute Gasteiger partial charge is 0.496 e. The van der Waals surface area contributed by atoms with Crippen LogP contribution in [0.25, 0.3) is 0 Å². The first-order valence-electron chi connectivity index (χ1n) is 13.1. The van der Waals surface area contributed by atoms with Crippen LogP contribution in [0.3, 0.4) is 0 Å². The first-order chi connectivity index (χ1) is 17.8. The van der Waals surface area contributed by atoms with Crippen LogP contribution in [0, 0.1) is 27.7 Å². The maximum atomic E-state index is 13.6. The Hall–Kier alpha value is -3.37. The topological polar surface area (TPSA) is 38.5 Å². The molecule has 0 saturated carbocycles. The highest BCUT2D eigenvalue weighted by molar-refractivity contribution is 5.88. The maximum absolute atomic E-state index is 13.6. The van der Waals surface area contributed by atoms with E-state index in [0.29, 0.717) is 12.2 Å². The molecule has 194 valence electrons. The van der Waals surface area contributed by atoms with Crippen LogP contribution in [0.4, 0.5) is 0 Å². The van der Waals surface area contributed by atoms with Gasteiger partial charge >= 0.3 is 0 Å². The van der Waals surface area contributed by atoms with Crippen molar-refractivity contribution in [2.24, 2.45) is 0 Å². The molecular formula is C33H39NO3. The van der Waals surface area contributed by atoms with E-state index in [-0.39, 0.29) is 18.1 Å². The zero-order valence-corrected chi connectivity index (χ0v) is 23.0. The van der Waals surface area contributed by atoms with Crippen LogP contribution in [-0.2, 0) is 4.79 Å². The number of methoxy groups -OCH3 is 2. The fourth-order valence-corrected chi connectivity index (χ4v) is 5.95. The van der Waals surface area contributed by atoms with Crippen molar-refractivity contribution in [3.63, 3.8) is 0 Å². The van der Waals surface area contributed by atoms with E-state index >= 15 is 0 Å². The lowest BCUT2D eigenvalue weighted by Gasteiger charge is -2.25. The molecule has 0 N–H and O–H groups in total. The SMILES string of the molecule is C=CCCCC(=O)[C@@H]1[C@H](c2ccccc2)N1C(c1cc(C)c(OC)c(C)c1)c1cc(C)c(OC)c(C)c1. The van der Waals surface area contributed by atoms with E-state index in [1.807, 2.05) is 12.1 Å². The molecule has 0 amide bonds. The van der Waals surface area contributed by atoms with Crippen molar-refractivity contribution in [1.82, 2.24) is 4.90 Å². The van der Waals surface area contributed by atoms with E-state index < -0.39 is 0 Å². The number of nitrogens with zero attached hydrogens (tertiary/aromatic N) is 1. The summed E-state index contributed by atoms with van der Waals surface area (Å²) in [5.74, 6) is 2.11. The Morgan fingerprint density at radius 1 is 0.892 bits per heavy atom. The lowest BCUT2D eigenvalue weighted by Crippen LogP contribution is -2.19. The molecule has 3 aromatic rings. The molecule has 4 nitrogen and oxygen atoms in total. The highest BCUT2D eigenvalue weighted by Gasteiger charge is 2.56. The van der Waals surface area contributed by atoms with Gasteiger partial charge < -0.3 is 9.47 Å². The molecule has 3 aromatic carbocycles. The number of hydrogen-bond acceptors (Lipinski definition) is 4. The Kier molecular flexibility index (Phi) is 8.19. The van der Waals surface area contributed by atoms with Crippen LogP contribution in [0.15, 0.2) is 67.3 Å². The van der Waals surface area contributed by atoms with Gasteiger partial charge in [-0.2, -0.15) is 0 Å². The maximum Gasteiger partial charge on any atom is 0.151 e. The van der Waals surface area contributed by atoms with E-state index in [9.17, 15) is 4.79 Å². The molecular weight excluding hydrogens is 458 g/mol. The number of ether oxygens (including phenoxy) is 2. The minimum atomic E-state index is -0.164. The van der Waals surface area contributed by atoms with E-state index in [0.717, 1.165) is 46.6 Å². The monoisotopic (exact) mass is 497 g/mol. The zero-order chi connectivity index (χ0) is 26.7. The van der Waals surface area contributed by atoms with Crippen molar-refractivity contribution in [3.8, 4) is 11.5 Å². The molecule has 4 heteroatoms. The Labute approximate surface area is 221 Å². The van der Waals surface area contributed by atoms with Gasteiger partial charge in [0.05, 0.1) is 32.3 Å². The molecule has 4 rings (SSSR count). The van der Waals surface area contributed by atoms with E-state index in [2.05, 4.69) is 87.7 Å². The van der Waals surface area contributed by atoms with Gasteiger partial charge in [-0.05, 0) is 79.5 Å². The van der Waals surface area contributed by atoms with Crippen LogP contribution in [-0.4, -0.2) is 30.9 Å². The second-order valence-electron chi connectivity index (χ2n) is 10.2. The van der Waals surface area contributed by atoms with Crippen molar-refractivity contribution >= 4 is 5.78 Å². The number of ketones is 1. The highest BCUT2D eigenvalue weighted by Crippen LogP contribution is 2.53. The van der Waals surface area contributed by atoms with Crippen molar-refractivity contribution in [1.29, 1.82) is 0 Å². The first kappa shape index (κ1) is 26.7. The number of allylic oxidation sites excluding steroid dienone is 1. The third-order valence-corrected chi connectivity index (χ3v) is 7.46. The van der Waals surface area contributed by atoms with Crippen LogP contribution in [0.1, 0.15) is 70.3 Å². The lowest BCUT2D eigenvalue weighted by molar-refractivity contribution is -0.119. The molecule has 3 atom stereocenters. The fraction of sp³-hybridized carbons (Fsp3) is 0.364. The number of aryl methyl sites for hydroxylation is 4. The zero-order valence-electron chi connectivity index (χ0n) is 23.0. The summed E-state index contributed by atoms with van der Waals surface area (Å²) in [6.45, 7) is 12.2. The normalized spacial score (nSPS) is 18.5. The average molecular weight is 498 g/mol. The summed E-state index contributed by atoms with van der Waals surface area (Å²) in [5, 5.41) is 0. The summed E-state index contributed by atoms with van der Waals surface area (Å²) in [4.78, 5) is 16.0. The summed E-state index contributed by atoms with van der Waals surface area (Å²) < 4.78 is 11.3. The van der Waals surface area contributed by atoms with Crippen LogP contribution >= 0.6 is 0 Å². The molecule has 1 saturated heterocycles. The number of carbonyl (C=O) groups is 1. The van der Waals surface area contributed by atoms with Gasteiger partial charge in [0, 0.05) is 6.42 Å². The fourth-order valence-electron chi connectivity index (χ4n) is 5.95. The van der Waals surface area contributed by atoms with Gasteiger partial charge in [0.25, 0.3) is 0 Å². The van der Waals surface area contributed by atoms with Crippen molar-refractivity contribution in [2.45, 2.75) is 65.1 Å². The summed E-state index contributed by atoms with van der Waals surface area (Å²) in [6, 6.07) is 19.1. The smallest absolute Gasteiger partial charge is 0.151 e. The van der Waals surface area contributed by atoms with E-state index in [1.165, 1.54) is 16.7 Å². The van der Waals surface area contributed by atoms with Gasteiger partial charge in [-0.25, -0.2) is 0 Å². The standard InChI is InChI=1S/C33H39NO3/c1-8-9-11-16-28(35)31-30(25-14-12-10-13-15-25)34(31)29(26-17-21(2)32(36-6)22(3)18-26)27-19-23(4)33(37-7)24(5)20-27/h8,10,12-15,17-20,29-31H,1,9,11,16H2,2-7H3/t30-,31+,34?/m0/s1. The molecule has 1 aliphatic heterocycles. The van der Waals surface area contributed by atoms with Crippen LogP contribution in [0.2, 0.25) is 0 Å². The van der Waals surface area contributed by atoms with Crippen LogP contribution < -0.4 is 9.47 Å². The third-order valence-electron chi connectivity index (χ3n) is 7.46. The van der Waals surface area contributed by atoms with Crippen molar-refractivity contribution < 1.29 is 14.3 Å². The van der Waals surface area contributed by atoms with Gasteiger partial charge in [-0.15, -0.1) is 6.58 Å². The Morgan fingerprint density at radius 2 is 1.38 bits per heavy atom. The van der Waals surface area contributed by atoms with E-state index in [1.54, 1.807) is 14.2 Å². The summed E-state index contributed by atoms with van der Waals surface area (Å²) in [7, 11) is 3.44. The minimum absolute atomic E-state index is 0.0351. The molecule has 37 heavy (non-hydrogen) atoms. The number of Topliss-reactive ketones (excluding diaryl/α,β-unsaturated/α-hetero) is 1. The molecule has 1 heterocycles. The predicted molar refractivity (Wildman–Crippen MR) is 151 cm³/mol. The molecule has 0 spiro atoms. The molecule has 1 aliphatic rings. The van der Waals surface area contributed by atoms with Crippen LogP contribution in [0.5, 0.6) is 11.5 Å². The molecule has 0 aromatic heterocycles.